The van der Waals surface area contributed by atoms with Crippen molar-refractivity contribution < 1.29 is 19.0 Å². The average Bonchev–Trinajstić information content (AvgIpc) is 2.70. The number of benzene rings is 2. The molecule has 2 aromatic rings. The van der Waals surface area contributed by atoms with Gasteiger partial charge in [0.1, 0.15) is 0 Å². The number of hydrogen-bond acceptors (Lipinski definition) is 5. The fraction of sp³-hybridized carbons (Fsp3) is 0.381. The molecule has 28 heavy (non-hydrogen) atoms. The van der Waals surface area contributed by atoms with Crippen molar-refractivity contribution >= 4 is 17.5 Å². The Bertz CT molecular complexity index is 788. The third kappa shape index (κ3) is 5.53. The molecule has 0 heterocycles. The first-order valence-corrected chi connectivity index (χ1v) is 9.28. The van der Waals surface area contributed by atoms with Crippen molar-refractivity contribution in [1.82, 2.24) is 10.2 Å². The fourth-order valence-electron chi connectivity index (χ4n) is 2.88. The Hall–Kier alpha value is -2.44. The summed E-state index contributed by atoms with van der Waals surface area (Å²) in [6, 6.07) is 11.4. The van der Waals surface area contributed by atoms with E-state index in [1.54, 1.807) is 21.3 Å². The summed E-state index contributed by atoms with van der Waals surface area (Å²) in [5, 5.41) is 3.61. The highest BCUT2D eigenvalue weighted by Gasteiger charge is 2.16. The second-order valence-corrected chi connectivity index (χ2v) is 6.89. The van der Waals surface area contributed by atoms with Crippen molar-refractivity contribution in [2.24, 2.45) is 0 Å². The highest BCUT2D eigenvalue weighted by molar-refractivity contribution is 6.30. The summed E-state index contributed by atoms with van der Waals surface area (Å²) in [6.45, 7) is 2.66. The fourth-order valence-corrected chi connectivity index (χ4v) is 3.08. The summed E-state index contributed by atoms with van der Waals surface area (Å²) in [6.07, 6.45) is 0. The van der Waals surface area contributed by atoms with Crippen molar-refractivity contribution in [3.8, 4) is 17.2 Å². The summed E-state index contributed by atoms with van der Waals surface area (Å²) in [5.74, 6) is 1.55. The van der Waals surface area contributed by atoms with Crippen LogP contribution in [0.4, 0.5) is 0 Å². The van der Waals surface area contributed by atoms with Crippen LogP contribution in [0.3, 0.4) is 0 Å². The Labute approximate surface area is 171 Å². The molecule has 0 saturated carbocycles. The van der Waals surface area contributed by atoms with Crippen LogP contribution in [0.25, 0.3) is 0 Å². The lowest BCUT2D eigenvalue weighted by Gasteiger charge is -2.24. The van der Waals surface area contributed by atoms with Crippen LogP contribution in [0, 0.1) is 0 Å². The van der Waals surface area contributed by atoms with E-state index in [9.17, 15) is 4.79 Å². The molecule has 1 atom stereocenters. The molecule has 0 aliphatic heterocycles. The van der Waals surface area contributed by atoms with E-state index in [-0.39, 0.29) is 18.5 Å². The largest absolute Gasteiger partial charge is 0.493 e. The number of halogens is 1. The summed E-state index contributed by atoms with van der Waals surface area (Å²) in [5.41, 5.74) is 1.92. The van der Waals surface area contributed by atoms with Gasteiger partial charge in [-0.3, -0.25) is 9.69 Å². The Balaban J connectivity index is 1.98. The van der Waals surface area contributed by atoms with Crippen LogP contribution in [0.15, 0.2) is 36.4 Å². The van der Waals surface area contributed by atoms with Gasteiger partial charge in [-0.1, -0.05) is 23.7 Å². The molecular weight excluding hydrogens is 380 g/mol. The molecule has 152 valence electrons. The lowest BCUT2D eigenvalue weighted by Crippen LogP contribution is -2.36. The standard InChI is InChI=1S/C21H27ClN2O4/c1-14(16-7-6-8-17(22)11-16)24(2)13-20(25)23-12-15-9-18(26-3)21(28-5)19(10-15)27-4/h6-11,14H,12-13H2,1-5H3,(H,23,25). The third-order valence-corrected chi connectivity index (χ3v) is 4.83. The number of hydrogen-bond donors (Lipinski definition) is 1. The van der Waals surface area contributed by atoms with Gasteiger partial charge in [0.15, 0.2) is 11.5 Å². The van der Waals surface area contributed by atoms with Crippen molar-refractivity contribution in [3.05, 3.63) is 52.5 Å². The van der Waals surface area contributed by atoms with E-state index < -0.39 is 0 Å². The molecular formula is C21H27ClN2O4. The van der Waals surface area contributed by atoms with Gasteiger partial charge in [0.05, 0.1) is 27.9 Å². The van der Waals surface area contributed by atoms with Gasteiger partial charge in [0.25, 0.3) is 0 Å². The zero-order valence-electron chi connectivity index (χ0n) is 16.9. The van der Waals surface area contributed by atoms with Gasteiger partial charge in [0, 0.05) is 17.6 Å². The molecule has 0 radical (unpaired) electrons. The van der Waals surface area contributed by atoms with E-state index in [0.717, 1.165) is 11.1 Å². The Kier molecular flexibility index (Phi) is 7.96. The predicted molar refractivity (Wildman–Crippen MR) is 110 cm³/mol. The van der Waals surface area contributed by atoms with Crippen LogP contribution >= 0.6 is 11.6 Å². The highest BCUT2D eigenvalue weighted by Crippen LogP contribution is 2.38. The minimum Gasteiger partial charge on any atom is -0.493 e. The topological polar surface area (TPSA) is 60.0 Å². The monoisotopic (exact) mass is 406 g/mol. The van der Waals surface area contributed by atoms with Crippen LogP contribution in [-0.4, -0.2) is 45.7 Å². The normalized spacial score (nSPS) is 11.8. The number of ether oxygens (including phenoxy) is 3. The number of likely N-dealkylation sites (N-methyl/N-ethyl adjacent to an activating group) is 1. The number of rotatable bonds is 9. The molecule has 0 spiro atoms. The zero-order chi connectivity index (χ0) is 20.7. The van der Waals surface area contributed by atoms with Crippen molar-refractivity contribution in [2.75, 3.05) is 34.9 Å². The summed E-state index contributed by atoms with van der Waals surface area (Å²) < 4.78 is 16.0. The first-order chi connectivity index (χ1) is 13.4. The molecule has 6 nitrogen and oxygen atoms in total. The molecule has 2 rings (SSSR count). The van der Waals surface area contributed by atoms with Crippen LogP contribution in [0.5, 0.6) is 17.2 Å². The van der Waals surface area contributed by atoms with Gasteiger partial charge in [0.2, 0.25) is 11.7 Å². The van der Waals surface area contributed by atoms with Gasteiger partial charge < -0.3 is 19.5 Å². The number of nitrogens with zero attached hydrogens (tertiary/aromatic N) is 1. The van der Waals surface area contributed by atoms with Crippen LogP contribution in [0.1, 0.15) is 24.1 Å². The van der Waals surface area contributed by atoms with Crippen LogP contribution in [0.2, 0.25) is 5.02 Å². The minimum atomic E-state index is -0.0786. The lowest BCUT2D eigenvalue weighted by molar-refractivity contribution is -0.122. The maximum atomic E-state index is 12.4. The quantitative estimate of drug-likeness (QED) is 0.688. The molecule has 0 aromatic heterocycles. The summed E-state index contributed by atoms with van der Waals surface area (Å²) >= 11 is 6.06. The number of nitrogens with one attached hydrogen (secondary N) is 1. The number of amides is 1. The Morgan fingerprint density at radius 1 is 1.11 bits per heavy atom. The van der Waals surface area contributed by atoms with E-state index >= 15 is 0 Å². The van der Waals surface area contributed by atoms with Gasteiger partial charge in [-0.05, 0) is 49.4 Å². The lowest BCUT2D eigenvalue weighted by atomic mass is 10.1. The third-order valence-electron chi connectivity index (χ3n) is 4.60. The van der Waals surface area contributed by atoms with Crippen molar-refractivity contribution in [1.29, 1.82) is 0 Å². The molecule has 0 bridgehead atoms. The molecule has 2 aromatic carbocycles. The maximum absolute atomic E-state index is 12.4. The van der Waals surface area contributed by atoms with Gasteiger partial charge >= 0.3 is 0 Å². The molecule has 0 fully saturated rings. The first kappa shape index (κ1) is 21.9. The molecule has 1 unspecified atom stereocenters. The van der Waals surface area contributed by atoms with E-state index in [4.69, 9.17) is 25.8 Å². The molecule has 0 saturated heterocycles. The maximum Gasteiger partial charge on any atom is 0.234 e. The number of carbonyl (C=O) groups excluding carboxylic acids is 1. The Morgan fingerprint density at radius 3 is 2.29 bits per heavy atom. The van der Waals surface area contributed by atoms with E-state index in [1.165, 1.54) is 0 Å². The van der Waals surface area contributed by atoms with Gasteiger partial charge in [-0.15, -0.1) is 0 Å². The SMILES string of the molecule is COc1cc(CNC(=O)CN(C)C(C)c2cccc(Cl)c2)cc(OC)c1OC. The van der Waals surface area contributed by atoms with Crippen molar-refractivity contribution in [2.45, 2.75) is 19.5 Å². The average molecular weight is 407 g/mol. The zero-order valence-corrected chi connectivity index (χ0v) is 17.7. The number of methoxy groups -OCH3 is 3. The van der Waals surface area contributed by atoms with Crippen LogP contribution in [-0.2, 0) is 11.3 Å². The molecule has 0 aliphatic rings. The number of carbonyl (C=O) groups is 1. The molecule has 1 amide bonds. The summed E-state index contributed by atoms with van der Waals surface area (Å²) in [7, 11) is 6.58. The van der Waals surface area contributed by atoms with E-state index in [2.05, 4.69) is 5.32 Å². The highest BCUT2D eigenvalue weighted by atomic mass is 35.5. The molecule has 1 N–H and O–H groups in total. The Morgan fingerprint density at radius 2 is 1.75 bits per heavy atom. The second kappa shape index (κ2) is 10.2. The van der Waals surface area contributed by atoms with E-state index in [0.29, 0.717) is 28.8 Å². The van der Waals surface area contributed by atoms with Gasteiger partial charge in [-0.25, -0.2) is 0 Å². The molecule has 7 heteroatoms. The van der Waals surface area contributed by atoms with Crippen LogP contribution < -0.4 is 19.5 Å². The van der Waals surface area contributed by atoms with Crippen molar-refractivity contribution in [3.63, 3.8) is 0 Å². The minimum absolute atomic E-state index is 0.0608. The first-order valence-electron chi connectivity index (χ1n) is 8.90. The molecule has 0 aliphatic carbocycles. The van der Waals surface area contributed by atoms with E-state index in [1.807, 2.05) is 55.3 Å². The summed E-state index contributed by atoms with van der Waals surface area (Å²) in [4.78, 5) is 14.4. The predicted octanol–water partition coefficient (Wildman–Crippen LogP) is 3.68. The second-order valence-electron chi connectivity index (χ2n) is 6.46. The smallest absolute Gasteiger partial charge is 0.234 e. The van der Waals surface area contributed by atoms with Gasteiger partial charge in [-0.2, -0.15) is 0 Å².